The molecule has 0 spiro atoms. The second-order valence-electron chi connectivity index (χ2n) is 5.03. The third-order valence-corrected chi connectivity index (χ3v) is 3.77. The Morgan fingerprint density at radius 1 is 1.09 bits per heavy atom. The van der Waals surface area contributed by atoms with Crippen molar-refractivity contribution in [2.24, 2.45) is 11.0 Å². The van der Waals surface area contributed by atoms with Crippen LogP contribution in [0.3, 0.4) is 0 Å². The Bertz CT molecular complexity index is 754. The van der Waals surface area contributed by atoms with Crippen molar-refractivity contribution in [2.45, 2.75) is 6.92 Å². The first-order chi connectivity index (χ1) is 10.6. The van der Waals surface area contributed by atoms with Crippen LogP contribution in [0.2, 0.25) is 5.02 Å². The minimum absolute atomic E-state index is 0.263. The van der Waals surface area contributed by atoms with Crippen molar-refractivity contribution in [3.8, 4) is 0 Å². The molecule has 3 rings (SSSR count). The van der Waals surface area contributed by atoms with Gasteiger partial charge in [0.1, 0.15) is 5.92 Å². The summed E-state index contributed by atoms with van der Waals surface area (Å²) in [6, 6.07) is 15.6. The molecule has 5 heteroatoms. The number of amides is 1. The van der Waals surface area contributed by atoms with E-state index in [-0.39, 0.29) is 11.7 Å². The van der Waals surface area contributed by atoms with E-state index >= 15 is 0 Å². The summed E-state index contributed by atoms with van der Waals surface area (Å²) in [5, 5.41) is 6.07. The van der Waals surface area contributed by atoms with Gasteiger partial charge < -0.3 is 0 Å². The Balaban J connectivity index is 1.90. The van der Waals surface area contributed by atoms with Crippen LogP contribution in [0.1, 0.15) is 17.3 Å². The van der Waals surface area contributed by atoms with E-state index in [1.54, 1.807) is 43.3 Å². The van der Waals surface area contributed by atoms with Crippen LogP contribution in [0, 0.1) is 5.92 Å². The molecule has 0 saturated heterocycles. The Hall–Kier alpha value is -2.46. The number of ketones is 1. The highest BCUT2D eigenvalue weighted by Gasteiger charge is 2.39. The lowest BCUT2D eigenvalue weighted by Gasteiger charge is -2.13. The summed E-state index contributed by atoms with van der Waals surface area (Å²) in [5.74, 6) is -1.47. The summed E-state index contributed by atoms with van der Waals surface area (Å²) in [7, 11) is 0. The van der Waals surface area contributed by atoms with Crippen molar-refractivity contribution in [3.63, 3.8) is 0 Å². The SMILES string of the molecule is CC1=NN(c2ccccc2)C(=O)[C@@H]1C(=O)c1ccc(Cl)cc1. The van der Waals surface area contributed by atoms with E-state index in [9.17, 15) is 9.59 Å². The fourth-order valence-electron chi connectivity index (χ4n) is 2.40. The maximum Gasteiger partial charge on any atom is 0.264 e. The molecule has 0 aliphatic carbocycles. The molecule has 110 valence electrons. The molecule has 0 aromatic heterocycles. The van der Waals surface area contributed by atoms with Gasteiger partial charge in [-0.3, -0.25) is 9.59 Å². The van der Waals surface area contributed by atoms with Gasteiger partial charge in [-0.15, -0.1) is 0 Å². The molecule has 22 heavy (non-hydrogen) atoms. The summed E-state index contributed by atoms with van der Waals surface area (Å²) in [6.45, 7) is 1.69. The summed E-state index contributed by atoms with van der Waals surface area (Å²) >= 11 is 5.83. The van der Waals surface area contributed by atoms with Crippen LogP contribution < -0.4 is 5.01 Å². The predicted molar refractivity (Wildman–Crippen MR) is 86.3 cm³/mol. The van der Waals surface area contributed by atoms with Crippen molar-refractivity contribution in [3.05, 3.63) is 65.2 Å². The van der Waals surface area contributed by atoms with E-state index in [1.165, 1.54) is 5.01 Å². The maximum atomic E-state index is 12.6. The minimum Gasteiger partial charge on any atom is -0.293 e. The van der Waals surface area contributed by atoms with Crippen LogP contribution in [0.4, 0.5) is 5.69 Å². The molecule has 0 saturated carbocycles. The fraction of sp³-hybridized carbons (Fsp3) is 0.118. The number of Topliss-reactive ketones (excluding diaryl/α,β-unsaturated/α-hetero) is 1. The Kier molecular flexibility index (Phi) is 3.77. The van der Waals surface area contributed by atoms with Crippen molar-refractivity contribution < 1.29 is 9.59 Å². The number of hydrogen-bond donors (Lipinski definition) is 0. The molecule has 0 radical (unpaired) electrons. The lowest BCUT2D eigenvalue weighted by Crippen LogP contribution is -2.32. The molecule has 0 unspecified atom stereocenters. The molecule has 1 aliphatic heterocycles. The standard InChI is InChI=1S/C17H13ClN2O2/c1-11-15(16(21)12-7-9-13(18)10-8-12)17(22)20(19-11)14-5-3-2-4-6-14/h2-10,15H,1H3/t15-/m0/s1. The highest BCUT2D eigenvalue weighted by atomic mass is 35.5. The Morgan fingerprint density at radius 3 is 2.36 bits per heavy atom. The predicted octanol–water partition coefficient (Wildman–Crippen LogP) is 3.56. The normalized spacial score (nSPS) is 17.5. The zero-order valence-corrected chi connectivity index (χ0v) is 12.6. The van der Waals surface area contributed by atoms with Crippen LogP contribution >= 0.6 is 11.6 Å². The molecule has 0 N–H and O–H groups in total. The van der Waals surface area contributed by atoms with Gasteiger partial charge in [0.25, 0.3) is 5.91 Å². The first-order valence-corrected chi connectivity index (χ1v) is 7.19. The van der Waals surface area contributed by atoms with E-state index in [4.69, 9.17) is 11.6 Å². The second-order valence-corrected chi connectivity index (χ2v) is 5.47. The quantitative estimate of drug-likeness (QED) is 0.642. The summed E-state index contributed by atoms with van der Waals surface area (Å²) in [4.78, 5) is 25.1. The van der Waals surface area contributed by atoms with E-state index < -0.39 is 5.92 Å². The molecule has 1 aliphatic rings. The first-order valence-electron chi connectivity index (χ1n) is 6.82. The van der Waals surface area contributed by atoms with Crippen LogP contribution in [0.25, 0.3) is 0 Å². The molecule has 1 amide bonds. The number of hydrogen-bond acceptors (Lipinski definition) is 3. The van der Waals surface area contributed by atoms with Gasteiger partial charge in [0, 0.05) is 10.6 Å². The lowest BCUT2D eigenvalue weighted by molar-refractivity contribution is -0.118. The van der Waals surface area contributed by atoms with E-state index in [1.807, 2.05) is 18.2 Å². The van der Waals surface area contributed by atoms with E-state index in [2.05, 4.69) is 5.10 Å². The van der Waals surface area contributed by atoms with Gasteiger partial charge in [0.2, 0.25) is 0 Å². The van der Waals surface area contributed by atoms with Gasteiger partial charge in [0.05, 0.1) is 11.4 Å². The summed E-state index contributed by atoms with van der Waals surface area (Å²) in [5.41, 5.74) is 1.60. The molecule has 0 bridgehead atoms. The van der Waals surface area contributed by atoms with Crippen molar-refractivity contribution in [2.75, 3.05) is 5.01 Å². The highest BCUT2D eigenvalue weighted by molar-refractivity contribution is 6.32. The highest BCUT2D eigenvalue weighted by Crippen LogP contribution is 2.26. The molecule has 1 heterocycles. The van der Waals surface area contributed by atoms with E-state index in [0.717, 1.165) is 0 Å². The number of anilines is 1. The number of benzene rings is 2. The van der Waals surface area contributed by atoms with Gasteiger partial charge in [-0.2, -0.15) is 10.1 Å². The van der Waals surface area contributed by atoms with Crippen LogP contribution in [0.15, 0.2) is 59.7 Å². The fourth-order valence-corrected chi connectivity index (χ4v) is 2.53. The number of nitrogens with zero attached hydrogens (tertiary/aromatic N) is 2. The van der Waals surface area contributed by atoms with Crippen LogP contribution in [0.5, 0.6) is 0 Å². The molecular formula is C17H13ClN2O2. The van der Waals surface area contributed by atoms with Gasteiger partial charge in [-0.25, -0.2) is 0 Å². The number of hydrazone groups is 1. The lowest BCUT2D eigenvalue weighted by atomic mass is 9.94. The van der Waals surface area contributed by atoms with Crippen molar-refractivity contribution in [1.29, 1.82) is 0 Å². The number of para-hydroxylation sites is 1. The van der Waals surface area contributed by atoms with Crippen LogP contribution in [-0.2, 0) is 4.79 Å². The number of rotatable bonds is 3. The Morgan fingerprint density at radius 2 is 1.73 bits per heavy atom. The molecule has 2 aromatic carbocycles. The van der Waals surface area contributed by atoms with E-state index in [0.29, 0.717) is 22.0 Å². The zero-order chi connectivity index (χ0) is 15.7. The third kappa shape index (κ3) is 2.53. The average Bonchev–Trinajstić information content (AvgIpc) is 2.83. The number of carbonyl (C=O) groups is 2. The third-order valence-electron chi connectivity index (χ3n) is 3.52. The van der Waals surface area contributed by atoms with Crippen molar-refractivity contribution in [1.82, 2.24) is 0 Å². The summed E-state index contributed by atoms with van der Waals surface area (Å²) < 4.78 is 0. The van der Waals surface area contributed by atoms with Gasteiger partial charge in [-0.1, -0.05) is 29.8 Å². The largest absolute Gasteiger partial charge is 0.293 e. The molecule has 1 atom stereocenters. The van der Waals surface area contributed by atoms with Gasteiger partial charge in [0.15, 0.2) is 5.78 Å². The first kappa shape index (κ1) is 14.5. The summed E-state index contributed by atoms with van der Waals surface area (Å²) in [6.07, 6.45) is 0. The second kappa shape index (κ2) is 5.73. The molecule has 4 nitrogen and oxygen atoms in total. The topological polar surface area (TPSA) is 49.7 Å². The number of carbonyl (C=O) groups excluding carboxylic acids is 2. The van der Waals surface area contributed by atoms with Gasteiger partial charge in [-0.05, 0) is 43.3 Å². The molecule has 0 fully saturated rings. The minimum atomic E-state index is -0.874. The molecular weight excluding hydrogens is 300 g/mol. The van der Waals surface area contributed by atoms with Crippen LogP contribution in [-0.4, -0.2) is 17.4 Å². The van der Waals surface area contributed by atoms with Crippen molar-refractivity contribution >= 4 is 34.7 Å². The smallest absolute Gasteiger partial charge is 0.264 e. The molecule has 2 aromatic rings. The van der Waals surface area contributed by atoms with Gasteiger partial charge >= 0.3 is 0 Å². The monoisotopic (exact) mass is 312 g/mol. The number of halogens is 1. The zero-order valence-electron chi connectivity index (χ0n) is 11.9. The average molecular weight is 313 g/mol. The maximum absolute atomic E-state index is 12.6. The Labute approximate surface area is 133 Å².